The predicted molar refractivity (Wildman–Crippen MR) is 125 cm³/mol. The molecular formula is C24H15Cl2N3O2. The number of hydrogen-bond acceptors (Lipinski definition) is 3. The molecule has 0 aliphatic rings. The van der Waals surface area contributed by atoms with Gasteiger partial charge in [0.15, 0.2) is 0 Å². The van der Waals surface area contributed by atoms with Gasteiger partial charge in [-0.25, -0.2) is 4.98 Å². The average molecular weight is 448 g/mol. The molecule has 0 fully saturated rings. The SMILES string of the molecule is O=c1c2cc3c(=O)n(-c4cc(Cl)cc(Cl)c4)ccc3nc2ccn1Cc1ccccc1. The van der Waals surface area contributed by atoms with E-state index in [4.69, 9.17) is 23.2 Å². The second-order valence-electron chi connectivity index (χ2n) is 7.21. The van der Waals surface area contributed by atoms with E-state index in [9.17, 15) is 9.59 Å². The summed E-state index contributed by atoms with van der Waals surface area (Å²) in [5.74, 6) is 0. The molecule has 5 aromatic rings. The molecule has 0 unspecified atom stereocenters. The van der Waals surface area contributed by atoms with Gasteiger partial charge in [0.1, 0.15) is 0 Å². The van der Waals surface area contributed by atoms with Crippen LogP contribution in [0.1, 0.15) is 5.56 Å². The van der Waals surface area contributed by atoms with Crippen LogP contribution in [0.3, 0.4) is 0 Å². The van der Waals surface area contributed by atoms with Crippen LogP contribution in [0.15, 0.2) is 88.7 Å². The first-order valence-corrected chi connectivity index (χ1v) is 10.3. The second kappa shape index (κ2) is 7.69. The van der Waals surface area contributed by atoms with Crippen molar-refractivity contribution in [2.75, 3.05) is 0 Å². The summed E-state index contributed by atoms with van der Waals surface area (Å²) in [5, 5.41) is 1.59. The lowest BCUT2D eigenvalue weighted by Crippen LogP contribution is -2.22. The number of nitrogens with zero attached hydrogens (tertiary/aromatic N) is 3. The van der Waals surface area contributed by atoms with Crippen LogP contribution in [0, 0.1) is 0 Å². The molecule has 0 saturated heterocycles. The maximum Gasteiger partial charge on any atom is 0.264 e. The number of hydrogen-bond donors (Lipinski definition) is 0. The van der Waals surface area contributed by atoms with Gasteiger partial charge in [-0.3, -0.25) is 14.2 Å². The molecule has 0 atom stereocenters. The highest BCUT2D eigenvalue weighted by atomic mass is 35.5. The third-order valence-corrected chi connectivity index (χ3v) is 5.57. The van der Waals surface area contributed by atoms with Crippen molar-refractivity contribution in [2.24, 2.45) is 0 Å². The fourth-order valence-corrected chi connectivity index (χ4v) is 4.17. The van der Waals surface area contributed by atoms with Crippen molar-refractivity contribution in [2.45, 2.75) is 6.54 Å². The Kier molecular flexibility index (Phi) is 4.85. The summed E-state index contributed by atoms with van der Waals surface area (Å²) in [6.07, 6.45) is 3.35. The normalized spacial score (nSPS) is 11.3. The van der Waals surface area contributed by atoms with Crippen molar-refractivity contribution in [3.05, 3.63) is 115 Å². The number of rotatable bonds is 3. The summed E-state index contributed by atoms with van der Waals surface area (Å²) in [5.41, 5.74) is 2.11. The quantitative estimate of drug-likeness (QED) is 0.363. The molecule has 0 spiro atoms. The van der Waals surface area contributed by atoms with Gasteiger partial charge in [-0.05, 0) is 42.0 Å². The first-order chi connectivity index (χ1) is 15.0. The first-order valence-electron chi connectivity index (χ1n) is 9.55. The van der Waals surface area contributed by atoms with Crippen LogP contribution < -0.4 is 11.1 Å². The van der Waals surface area contributed by atoms with Crippen molar-refractivity contribution < 1.29 is 0 Å². The monoisotopic (exact) mass is 447 g/mol. The molecule has 7 heteroatoms. The molecule has 3 aromatic heterocycles. The highest BCUT2D eigenvalue weighted by Gasteiger charge is 2.11. The molecule has 3 heterocycles. The van der Waals surface area contributed by atoms with Gasteiger partial charge < -0.3 is 4.57 Å². The van der Waals surface area contributed by atoms with Gasteiger partial charge in [0.25, 0.3) is 11.1 Å². The van der Waals surface area contributed by atoms with E-state index in [0.717, 1.165) is 5.56 Å². The molecule has 0 saturated carbocycles. The lowest BCUT2D eigenvalue weighted by Gasteiger charge is -2.10. The van der Waals surface area contributed by atoms with E-state index in [1.807, 2.05) is 30.3 Å². The third kappa shape index (κ3) is 3.63. The van der Waals surface area contributed by atoms with Crippen LogP contribution >= 0.6 is 23.2 Å². The minimum Gasteiger partial charge on any atom is -0.310 e. The molecule has 2 aromatic carbocycles. The summed E-state index contributed by atoms with van der Waals surface area (Å²) in [6.45, 7) is 0.438. The molecule has 5 nitrogen and oxygen atoms in total. The predicted octanol–water partition coefficient (Wildman–Crippen LogP) is 5.06. The number of pyridine rings is 3. The largest absolute Gasteiger partial charge is 0.310 e. The maximum absolute atomic E-state index is 13.2. The lowest BCUT2D eigenvalue weighted by atomic mass is 10.1. The molecule has 0 bridgehead atoms. The Labute approximate surface area is 186 Å². The molecule has 0 aliphatic carbocycles. The lowest BCUT2D eigenvalue weighted by molar-refractivity contribution is 0.767. The van der Waals surface area contributed by atoms with E-state index in [-0.39, 0.29) is 11.1 Å². The minimum atomic E-state index is -0.303. The maximum atomic E-state index is 13.2. The van der Waals surface area contributed by atoms with Gasteiger partial charge in [-0.1, -0.05) is 53.5 Å². The van der Waals surface area contributed by atoms with Crippen molar-refractivity contribution in [1.82, 2.24) is 14.1 Å². The van der Waals surface area contributed by atoms with E-state index in [1.54, 1.807) is 53.4 Å². The Morgan fingerprint density at radius 2 is 1.39 bits per heavy atom. The zero-order valence-corrected chi connectivity index (χ0v) is 17.6. The zero-order valence-electron chi connectivity index (χ0n) is 16.1. The van der Waals surface area contributed by atoms with Gasteiger partial charge in [0, 0.05) is 22.4 Å². The van der Waals surface area contributed by atoms with Crippen molar-refractivity contribution in [1.29, 1.82) is 0 Å². The highest BCUT2D eigenvalue weighted by Crippen LogP contribution is 2.22. The van der Waals surface area contributed by atoms with Crippen molar-refractivity contribution in [3.63, 3.8) is 0 Å². The first kappa shape index (κ1) is 19.5. The Morgan fingerprint density at radius 3 is 2.10 bits per heavy atom. The number of benzene rings is 2. The highest BCUT2D eigenvalue weighted by molar-refractivity contribution is 6.34. The Balaban J connectivity index is 1.70. The fraction of sp³-hybridized carbons (Fsp3) is 0.0417. The van der Waals surface area contributed by atoms with Crippen LogP contribution in [-0.4, -0.2) is 14.1 Å². The van der Waals surface area contributed by atoms with E-state index in [0.29, 0.717) is 44.1 Å². The van der Waals surface area contributed by atoms with Gasteiger partial charge in [0.05, 0.1) is 34.0 Å². The van der Waals surface area contributed by atoms with Crippen LogP contribution in [0.2, 0.25) is 10.0 Å². The fourth-order valence-electron chi connectivity index (χ4n) is 3.65. The minimum absolute atomic E-state index is 0.198. The van der Waals surface area contributed by atoms with E-state index in [1.165, 1.54) is 4.57 Å². The zero-order chi connectivity index (χ0) is 21.5. The van der Waals surface area contributed by atoms with Gasteiger partial charge >= 0.3 is 0 Å². The van der Waals surface area contributed by atoms with E-state index in [2.05, 4.69) is 4.98 Å². The smallest absolute Gasteiger partial charge is 0.264 e. The standard InChI is InChI=1S/C24H15Cl2N3O2/c25-16-10-17(26)12-18(11-16)29-9-7-22-20(24(29)31)13-19-21(27-22)6-8-28(23(19)30)14-15-4-2-1-3-5-15/h1-13H,14H2. The third-order valence-electron chi connectivity index (χ3n) is 5.14. The molecule has 0 aliphatic heterocycles. The van der Waals surface area contributed by atoms with Gasteiger partial charge in [0.2, 0.25) is 0 Å². The molecular weight excluding hydrogens is 433 g/mol. The number of fused-ring (bicyclic) bond motifs is 2. The summed E-state index contributed by atoms with van der Waals surface area (Å²) in [6, 6.07) is 19.8. The molecule has 5 rings (SSSR count). The van der Waals surface area contributed by atoms with Crippen molar-refractivity contribution in [3.8, 4) is 5.69 Å². The Morgan fingerprint density at radius 1 is 0.742 bits per heavy atom. The Hall–Kier alpha value is -3.41. The van der Waals surface area contributed by atoms with Gasteiger partial charge in [-0.2, -0.15) is 0 Å². The van der Waals surface area contributed by atoms with Gasteiger partial charge in [-0.15, -0.1) is 0 Å². The summed E-state index contributed by atoms with van der Waals surface area (Å²) in [4.78, 5) is 30.9. The van der Waals surface area contributed by atoms with Crippen LogP contribution in [0.5, 0.6) is 0 Å². The summed E-state index contributed by atoms with van der Waals surface area (Å²) < 4.78 is 3.06. The van der Waals surface area contributed by atoms with Crippen LogP contribution in [0.4, 0.5) is 0 Å². The Bertz CT molecular complexity index is 1550. The van der Waals surface area contributed by atoms with Crippen LogP contribution in [0.25, 0.3) is 27.5 Å². The topological polar surface area (TPSA) is 56.9 Å². The van der Waals surface area contributed by atoms with Crippen LogP contribution in [-0.2, 0) is 6.54 Å². The summed E-state index contributed by atoms with van der Waals surface area (Å²) in [7, 11) is 0. The second-order valence-corrected chi connectivity index (χ2v) is 8.08. The summed E-state index contributed by atoms with van der Waals surface area (Å²) >= 11 is 12.2. The van der Waals surface area contributed by atoms with Crippen molar-refractivity contribution >= 4 is 45.0 Å². The van der Waals surface area contributed by atoms with E-state index < -0.39 is 0 Å². The molecule has 0 radical (unpaired) electrons. The molecule has 31 heavy (non-hydrogen) atoms. The number of aromatic nitrogens is 3. The van der Waals surface area contributed by atoms with E-state index >= 15 is 0 Å². The molecule has 0 N–H and O–H groups in total. The average Bonchev–Trinajstić information content (AvgIpc) is 2.75. The molecule has 0 amide bonds. The molecule has 152 valence electrons. The number of halogens is 2.